The number of nitrogens with one attached hydrogen (secondary N) is 1. The summed E-state index contributed by atoms with van der Waals surface area (Å²) in [6.07, 6.45) is 1.83. The van der Waals surface area contributed by atoms with Gasteiger partial charge in [0.2, 0.25) is 17.6 Å². The Morgan fingerprint density at radius 1 is 1.31 bits per heavy atom. The van der Waals surface area contributed by atoms with Gasteiger partial charge in [0.1, 0.15) is 6.54 Å². The highest BCUT2D eigenvalue weighted by molar-refractivity contribution is 5.79. The summed E-state index contributed by atoms with van der Waals surface area (Å²) in [6.45, 7) is 7.33. The van der Waals surface area contributed by atoms with Crippen molar-refractivity contribution < 1.29 is 19.2 Å². The highest BCUT2D eigenvalue weighted by atomic mass is 16.6. The lowest BCUT2D eigenvalue weighted by Crippen LogP contribution is -2.36. The lowest BCUT2D eigenvalue weighted by atomic mass is 10.1. The van der Waals surface area contributed by atoms with Gasteiger partial charge in [-0.25, -0.2) is 0 Å². The minimum atomic E-state index is -0.622. The molecule has 2 heterocycles. The molecule has 0 radical (unpaired) electrons. The molecule has 1 aromatic heterocycles. The number of hydrogen-bond acceptors (Lipinski definition) is 11. The van der Waals surface area contributed by atoms with Gasteiger partial charge in [-0.1, -0.05) is 25.5 Å². The number of ether oxygens (including phenoxy) is 2. The van der Waals surface area contributed by atoms with Gasteiger partial charge in [-0.05, 0) is 31.0 Å². The number of nitro groups is 1. The third kappa shape index (κ3) is 7.15. The smallest absolute Gasteiger partial charge is 0.353 e. The lowest BCUT2D eigenvalue weighted by molar-refractivity contribution is -0.383. The van der Waals surface area contributed by atoms with E-state index in [2.05, 4.69) is 20.2 Å². The van der Waals surface area contributed by atoms with Crippen LogP contribution >= 0.6 is 0 Å². The second-order valence-electron chi connectivity index (χ2n) is 8.07. The van der Waals surface area contributed by atoms with Crippen LogP contribution in [0.25, 0.3) is 0 Å². The summed E-state index contributed by atoms with van der Waals surface area (Å²) in [5.74, 6) is -0.655. The van der Waals surface area contributed by atoms with Crippen LogP contribution in [0, 0.1) is 10.1 Å². The molecular weight excluding hydrogens is 454 g/mol. The zero-order valence-electron chi connectivity index (χ0n) is 20.2. The molecule has 1 aromatic carbocycles. The second kappa shape index (κ2) is 12.7. The minimum Gasteiger partial charge on any atom is -0.465 e. The van der Waals surface area contributed by atoms with Crippen molar-refractivity contribution in [3.05, 3.63) is 39.9 Å². The normalized spacial score (nSPS) is 13.4. The minimum absolute atomic E-state index is 0.0358. The van der Waals surface area contributed by atoms with E-state index in [0.717, 1.165) is 37.2 Å². The van der Waals surface area contributed by atoms with E-state index in [4.69, 9.17) is 15.2 Å². The highest BCUT2D eigenvalue weighted by Gasteiger charge is 2.29. The first kappa shape index (κ1) is 25.9. The van der Waals surface area contributed by atoms with Gasteiger partial charge < -0.3 is 30.3 Å². The van der Waals surface area contributed by atoms with Crippen molar-refractivity contribution >= 4 is 34.9 Å². The Hall–Kier alpha value is -3.67. The van der Waals surface area contributed by atoms with Crippen LogP contribution in [0.5, 0.6) is 0 Å². The Kier molecular flexibility index (Phi) is 9.41. The largest absolute Gasteiger partial charge is 0.465 e. The second-order valence-corrected chi connectivity index (χ2v) is 8.07. The van der Waals surface area contributed by atoms with Gasteiger partial charge in [0.15, 0.2) is 0 Å². The molecule has 1 saturated heterocycles. The maximum Gasteiger partial charge on any atom is 0.353 e. The first-order valence-corrected chi connectivity index (χ1v) is 11.8. The molecule has 2 aromatic rings. The number of anilines is 4. The summed E-state index contributed by atoms with van der Waals surface area (Å²) < 4.78 is 10.6. The van der Waals surface area contributed by atoms with Gasteiger partial charge in [0, 0.05) is 31.9 Å². The van der Waals surface area contributed by atoms with E-state index >= 15 is 0 Å². The van der Waals surface area contributed by atoms with Crippen LogP contribution in [0.2, 0.25) is 0 Å². The fourth-order valence-electron chi connectivity index (χ4n) is 3.77. The number of carbonyl (C=O) groups excluding carboxylic acids is 1. The van der Waals surface area contributed by atoms with E-state index in [9.17, 15) is 14.9 Å². The topological polar surface area (TPSA) is 149 Å². The summed E-state index contributed by atoms with van der Waals surface area (Å²) in [7, 11) is 0. The van der Waals surface area contributed by atoms with E-state index in [1.807, 2.05) is 31.2 Å². The molecule has 3 rings (SSSR count). The van der Waals surface area contributed by atoms with Gasteiger partial charge in [-0.2, -0.15) is 9.97 Å². The van der Waals surface area contributed by atoms with E-state index in [0.29, 0.717) is 19.8 Å². The number of esters is 1. The number of aromatic nitrogens is 2. The molecule has 0 atom stereocenters. The number of morpholine rings is 1. The number of benzene rings is 1. The number of unbranched alkanes of at least 4 members (excludes halogenated alkanes) is 1. The van der Waals surface area contributed by atoms with Crippen molar-refractivity contribution in [3.63, 3.8) is 0 Å². The first-order valence-electron chi connectivity index (χ1n) is 11.8. The average Bonchev–Trinajstić information content (AvgIpc) is 2.84. The average molecular weight is 488 g/mol. The summed E-state index contributed by atoms with van der Waals surface area (Å²) in [4.78, 5) is 35.9. The van der Waals surface area contributed by atoms with Crippen LogP contribution in [0.15, 0.2) is 24.3 Å². The van der Waals surface area contributed by atoms with Crippen LogP contribution in [-0.4, -0.2) is 66.9 Å². The Balaban J connectivity index is 1.97. The molecule has 0 spiro atoms. The molecule has 12 heteroatoms. The molecule has 0 unspecified atom stereocenters. The van der Waals surface area contributed by atoms with Gasteiger partial charge in [-0.15, -0.1) is 0 Å². The summed E-state index contributed by atoms with van der Waals surface area (Å²) >= 11 is 0. The third-order valence-corrected chi connectivity index (χ3v) is 5.47. The Labute approximate surface area is 204 Å². The van der Waals surface area contributed by atoms with Crippen molar-refractivity contribution in [2.24, 2.45) is 0 Å². The van der Waals surface area contributed by atoms with Crippen LogP contribution in [-0.2, 0) is 20.8 Å². The fourth-order valence-corrected chi connectivity index (χ4v) is 3.77. The van der Waals surface area contributed by atoms with Crippen LogP contribution in [0.1, 0.15) is 32.3 Å². The zero-order chi connectivity index (χ0) is 25.2. The standard InChI is InChI=1S/C23H33N7O5/c1-3-5-9-25-23-26-21(24)20(30(32)33)22(27-23)29(16-19(31)35-4-2)15-17-7-6-8-18(14-17)28-10-12-34-13-11-28/h6-8,14H,3-5,9-13,15-16H2,1-2H3,(H3,24,25,26,27). The number of carbonyl (C=O) groups is 1. The van der Waals surface area contributed by atoms with Gasteiger partial charge in [0.25, 0.3) is 0 Å². The lowest BCUT2D eigenvalue weighted by Gasteiger charge is -2.29. The van der Waals surface area contributed by atoms with Crippen molar-refractivity contribution in [1.82, 2.24) is 9.97 Å². The molecule has 0 amide bonds. The Morgan fingerprint density at radius 3 is 2.77 bits per heavy atom. The van der Waals surface area contributed by atoms with Gasteiger partial charge >= 0.3 is 11.7 Å². The quantitative estimate of drug-likeness (QED) is 0.197. The molecular formula is C23H33N7O5. The van der Waals surface area contributed by atoms with E-state index < -0.39 is 16.6 Å². The molecule has 190 valence electrons. The first-order chi connectivity index (χ1) is 16.9. The zero-order valence-corrected chi connectivity index (χ0v) is 20.2. The van der Waals surface area contributed by atoms with Crippen molar-refractivity contribution in [2.45, 2.75) is 33.2 Å². The maximum atomic E-state index is 12.4. The van der Waals surface area contributed by atoms with Crippen LogP contribution < -0.4 is 20.9 Å². The van der Waals surface area contributed by atoms with Crippen molar-refractivity contribution in [3.8, 4) is 0 Å². The summed E-state index contributed by atoms with van der Waals surface area (Å²) in [5.41, 5.74) is 7.40. The van der Waals surface area contributed by atoms with Gasteiger partial charge in [-0.3, -0.25) is 14.9 Å². The Morgan fingerprint density at radius 2 is 2.09 bits per heavy atom. The molecule has 35 heavy (non-hydrogen) atoms. The van der Waals surface area contributed by atoms with E-state index in [-0.39, 0.29) is 37.3 Å². The number of nitrogens with zero attached hydrogens (tertiary/aromatic N) is 5. The number of nitrogen functional groups attached to an aromatic ring is 1. The number of hydrogen-bond donors (Lipinski definition) is 2. The maximum absolute atomic E-state index is 12.4. The van der Waals surface area contributed by atoms with Crippen LogP contribution in [0.4, 0.5) is 29.0 Å². The molecule has 12 nitrogen and oxygen atoms in total. The molecule has 0 bridgehead atoms. The fraction of sp³-hybridized carbons (Fsp3) is 0.522. The van der Waals surface area contributed by atoms with Crippen LogP contribution in [0.3, 0.4) is 0 Å². The predicted molar refractivity (Wildman–Crippen MR) is 134 cm³/mol. The highest BCUT2D eigenvalue weighted by Crippen LogP contribution is 2.33. The van der Waals surface area contributed by atoms with Crippen molar-refractivity contribution in [2.75, 3.05) is 66.8 Å². The summed E-state index contributed by atoms with van der Waals surface area (Å²) in [5, 5.41) is 15.0. The monoisotopic (exact) mass is 487 g/mol. The van der Waals surface area contributed by atoms with E-state index in [1.54, 1.807) is 6.92 Å². The predicted octanol–water partition coefficient (Wildman–Crippen LogP) is 2.59. The van der Waals surface area contributed by atoms with Crippen molar-refractivity contribution in [1.29, 1.82) is 0 Å². The molecule has 1 aliphatic heterocycles. The summed E-state index contributed by atoms with van der Waals surface area (Å²) in [6, 6.07) is 7.83. The SMILES string of the molecule is CCCCNc1nc(N)c([N+](=O)[O-])c(N(CC(=O)OCC)Cc2cccc(N3CCOCC3)c2)n1. The molecule has 1 fully saturated rings. The Bertz CT molecular complexity index is 1010. The van der Waals surface area contributed by atoms with E-state index in [1.165, 1.54) is 4.90 Å². The number of nitrogens with two attached hydrogens (primary N) is 1. The molecule has 3 N–H and O–H groups in total. The number of rotatable bonds is 12. The molecule has 1 aliphatic rings. The van der Waals surface area contributed by atoms with Gasteiger partial charge in [0.05, 0.1) is 24.7 Å². The third-order valence-electron chi connectivity index (χ3n) is 5.47. The molecule has 0 aliphatic carbocycles. The molecule has 0 saturated carbocycles.